The SMILES string of the molecule is O=C(NCc1c(F)cc(F)cc1F)c1cn2c(c(O)c1=O)C(=O)N1[C@H](C2)[C@H]2C[C@H](F)[C@@H]1C2. The summed E-state index contributed by atoms with van der Waals surface area (Å²) in [6.45, 7) is -0.500. The van der Waals surface area contributed by atoms with Gasteiger partial charge in [0, 0.05) is 37.0 Å². The van der Waals surface area contributed by atoms with E-state index >= 15 is 0 Å². The minimum atomic E-state index is -1.21. The second kappa shape index (κ2) is 7.07. The number of pyridine rings is 1. The van der Waals surface area contributed by atoms with Gasteiger partial charge in [-0.1, -0.05) is 0 Å². The predicted molar refractivity (Wildman–Crippen MR) is 101 cm³/mol. The van der Waals surface area contributed by atoms with Gasteiger partial charge in [0.05, 0.1) is 12.1 Å². The number of fused-ring (bicyclic) bond motifs is 6. The lowest BCUT2D eigenvalue weighted by molar-refractivity contribution is 0.0315. The van der Waals surface area contributed by atoms with Crippen LogP contribution in [0.3, 0.4) is 0 Å². The van der Waals surface area contributed by atoms with E-state index in [4.69, 9.17) is 0 Å². The summed E-state index contributed by atoms with van der Waals surface area (Å²) in [5.74, 6) is -6.24. The number of hydrogen-bond donors (Lipinski definition) is 2. The molecule has 1 aromatic carbocycles. The highest BCUT2D eigenvalue weighted by Crippen LogP contribution is 2.47. The molecule has 5 rings (SSSR count). The number of carbonyl (C=O) groups is 2. The maximum atomic E-state index is 14.1. The van der Waals surface area contributed by atoms with Crippen molar-refractivity contribution in [2.45, 2.75) is 44.2 Å². The van der Waals surface area contributed by atoms with E-state index in [2.05, 4.69) is 5.32 Å². The van der Waals surface area contributed by atoms with Crippen LogP contribution in [0.15, 0.2) is 23.1 Å². The van der Waals surface area contributed by atoms with E-state index in [1.807, 2.05) is 0 Å². The lowest BCUT2D eigenvalue weighted by atomic mass is 9.95. The van der Waals surface area contributed by atoms with Crippen molar-refractivity contribution in [2.75, 3.05) is 0 Å². The standard InChI is InChI=1S/C21H17F4N3O4/c22-9-3-12(23)10(13(24)4-9)5-26-20(31)11-6-27-7-16-8-1-14(25)15(2-8)28(16)21(32)17(27)19(30)18(11)29/h3-4,6,8,14-16,30H,1-2,5,7H2,(H,26,31)/t8-,14-,15-,16+/m0/s1. The average Bonchev–Trinajstić information content (AvgIpc) is 3.27. The van der Waals surface area contributed by atoms with Crippen LogP contribution in [0, 0.1) is 23.4 Å². The number of nitrogens with one attached hydrogen (secondary N) is 1. The Bertz CT molecular complexity index is 1210. The first-order valence-corrected chi connectivity index (χ1v) is 10.0. The van der Waals surface area contributed by atoms with Gasteiger partial charge in [-0.2, -0.15) is 0 Å². The summed E-state index contributed by atoms with van der Waals surface area (Å²) in [4.78, 5) is 39.4. The second-order valence-electron chi connectivity index (χ2n) is 8.35. The monoisotopic (exact) mass is 451 g/mol. The van der Waals surface area contributed by atoms with E-state index in [0.29, 0.717) is 25.0 Å². The van der Waals surface area contributed by atoms with Gasteiger partial charge < -0.3 is 19.9 Å². The second-order valence-corrected chi connectivity index (χ2v) is 8.35. The van der Waals surface area contributed by atoms with Crippen LogP contribution >= 0.6 is 0 Å². The molecular formula is C21H17F4N3O4. The van der Waals surface area contributed by atoms with Gasteiger partial charge in [0.2, 0.25) is 5.43 Å². The maximum absolute atomic E-state index is 14.1. The molecule has 11 heteroatoms. The molecule has 1 aromatic heterocycles. The minimum absolute atomic E-state index is 0.0598. The quantitative estimate of drug-likeness (QED) is 0.697. The Hall–Kier alpha value is -3.37. The molecule has 2 amide bonds. The number of rotatable bonds is 3. The zero-order valence-corrected chi connectivity index (χ0v) is 16.4. The van der Waals surface area contributed by atoms with E-state index in [-0.39, 0.29) is 24.2 Å². The van der Waals surface area contributed by atoms with Crippen molar-refractivity contribution >= 4 is 11.8 Å². The zero-order chi connectivity index (χ0) is 22.9. The molecule has 2 fully saturated rings. The fourth-order valence-corrected chi connectivity index (χ4v) is 5.12. The Kier molecular flexibility index (Phi) is 4.54. The van der Waals surface area contributed by atoms with Gasteiger partial charge in [-0.05, 0) is 18.8 Å². The van der Waals surface area contributed by atoms with E-state index in [0.717, 1.165) is 6.20 Å². The first kappa shape index (κ1) is 20.5. The van der Waals surface area contributed by atoms with Crippen LogP contribution in [-0.4, -0.2) is 44.6 Å². The summed E-state index contributed by atoms with van der Waals surface area (Å²) >= 11 is 0. The number of nitrogens with zero attached hydrogens (tertiary/aromatic N) is 2. The van der Waals surface area contributed by atoms with Crippen LogP contribution in [0.4, 0.5) is 17.6 Å². The summed E-state index contributed by atoms with van der Waals surface area (Å²) in [7, 11) is 0. The number of carbonyl (C=O) groups excluding carboxylic acids is 2. The number of benzene rings is 1. The maximum Gasteiger partial charge on any atom is 0.275 e. The summed E-state index contributed by atoms with van der Waals surface area (Å²) in [5, 5.41) is 12.6. The van der Waals surface area contributed by atoms with Crippen LogP contribution in [-0.2, 0) is 13.1 Å². The molecule has 3 aliphatic rings. The van der Waals surface area contributed by atoms with Gasteiger partial charge in [-0.3, -0.25) is 14.4 Å². The molecule has 4 atom stereocenters. The lowest BCUT2D eigenvalue weighted by Crippen LogP contribution is -2.55. The van der Waals surface area contributed by atoms with Gasteiger partial charge >= 0.3 is 0 Å². The molecule has 0 unspecified atom stereocenters. The lowest BCUT2D eigenvalue weighted by Gasteiger charge is -2.41. The van der Waals surface area contributed by atoms with Crippen molar-refractivity contribution in [3.05, 3.63) is 62.8 Å². The van der Waals surface area contributed by atoms with E-state index in [9.17, 15) is 37.1 Å². The molecule has 168 valence electrons. The molecule has 3 heterocycles. The fourth-order valence-electron chi connectivity index (χ4n) is 5.12. The minimum Gasteiger partial charge on any atom is -0.503 e. The topological polar surface area (TPSA) is 91.6 Å². The third-order valence-corrected chi connectivity index (χ3v) is 6.60. The van der Waals surface area contributed by atoms with Crippen molar-refractivity contribution in [2.24, 2.45) is 5.92 Å². The summed E-state index contributed by atoms with van der Waals surface area (Å²) < 4.78 is 56.1. The fraction of sp³-hybridized carbons (Fsp3) is 0.381. The molecule has 2 N–H and O–H groups in total. The average molecular weight is 451 g/mol. The van der Waals surface area contributed by atoms with Gasteiger partial charge in [0.15, 0.2) is 11.4 Å². The Labute approximate surface area is 178 Å². The van der Waals surface area contributed by atoms with Crippen LogP contribution in [0.5, 0.6) is 5.75 Å². The molecular weight excluding hydrogens is 434 g/mol. The molecule has 0 radical (unpaired) electrons. The molecule has 0 spiro atoms. The highest BCUT2D eigenvalue weighted by molar-refractivity contribution is 5.99. The number of halogens is 4. The molecule has 2 aliphatic heterocycles. The third kappa shape index (κ3) is 2.90. The summed E-state index contributed by atoms with van der Waals surface area (Å²) in [5.41, 5.74) is -2.59. The first-order valence-electron chi connectivity index (χ1n) is 10.0. The normalized spacial score (nSPS) is 25.6. The number of alkyl halides is 1. The van der Waals surface area contributed by atoms with Crippen molar-refractivity contribution in [3.8, 4) is 5.75 Å². The number of aromatic nitrogens is 1. The predicted octanol–water partition coefficient (Wildman–Crippen LogP) is 1.86. The van der Waals surface area contributed by atoms with E-state index < -0.39 is 70.3 Å². The van der Waals surface area contributed by atoms with Crippen molar-refractivity contribution in [1.29, 1.82) is 0 Å². The molecule has 1 saturated heterocycles. The highest BCUT2D eigenvalue weighted by Gasteiger charge is 2.56. The highest BCUT2D eigenvalue weighted by atomic mass is 19.1. The van der Waals surface area contributed by atoms with Crippen LogP contribution in [0.25, 0.3) is 0 Å². The van der Waals surface area contributed by atoms with Gasteiger partial charge in [0.25, 0.3) is 11.8 Å². The Morgan fingerprint density at radius 2 is 1.81 bits per heavy atom. The summed E-state index contributed by atoms with van der Waals surface area (Å²) in [6, 6.07) is 0.00828. The van der Waals surface area contributed by atoms with Crippen molar-refractivity contribution < 1.29 is 32.3 Å². The molecule has 2 bridgehead atoms. The number of amides is 2. The zero-order valence-electron chi connectivity index (χ0n) is 16.4. The summed E-state index contributed by atoms with van der Waals surface area (Å²) in [6.07, 6.45) is 0.776. The molecule has 32 heavy (non-hydrogen) atoms. The number of hydrogen-bond acceptors (Lipinski definition) is 4. The molecule has 1 saturated carbocycles. The van der Waals surface area contributed by atoms with Crippen molar-refractivity contribution in [1.82, 2.24) is 14.8 Å². The largest absolute Gasteiger partial charge is 0.503 e. The number of aromatic hydroxyl groups is 1. The molecule has 7 nitrogen and oxygen atoms in total. The van der Waals surface area contributed by atoms with Crippen molar-refractivity contribution in [3.63, 3.8) is 0 Å². The Morgan fingerprint density at radius 3 is 2.50 bits per heavy atom. The third-order valence-electron chi connectivity index (χ3n) is 6.60. The number of piperidine rings is 1. The van der Waals surface area contributed by atoms with Crippen LogP contribution < -0.4 is 10.7 Å². The first-order chi connectivity index (χ1) is 15.2. The van der Waals surface area contributed by atoms with E-state index in [1.54, 1.807) is 0 Å². The van der Waals surface area contributed by atoms with E-state index in [1.165, 1.54) is 9.47 Å². The van der Waals surface area contributed by atoms with Crippen LogP contribution in [0.2, 0.25) is 0 Å². The molecule has 1 aliphatic carbocycles. The van der Waals surface area contributed by atoms with Gasteiger partial charge in [-0.15, -0.1) is 0 Å². The smallest absolute Gasteiger partial charge is 0.275 e. The molecule has 2 aromatic rings. The Morgan fingerprint density at radius 1 is 1.12 bits per heavy atom. The Balaban J connectivity index is 1.44. The van der Waals surface area contributed by atoms with Gasteiger partial charge in [0.1, 0.15) is 29.2 Å². The van der Waals surface area contributed by atoms with Crippen LogP contribution in [0.1, 0.15) is 39.3 Å². The van der Waals surface area contributed by atoms with Gasteiger partial charge in [-0.25, -0.2) is 17.6 Å².